The van der Waals surface area contributed by atoms with Gasteiger partial charge in [-0.15, -0.1) is 0 Å². The first kappa shape index (κ1) is 16.6. The van der Waals surface area contributed by atoms with Crippen molar-refractivity contribution in [2.75, 3.05) is 6.54 Å². The minimum Gasteiger partial charge on any atom is -0.393 e. The Kier molecular flexibility index (Phi) is 4.62. The summed E-state index contributed by atoms with van der Waals surface area (Å²) in [7, 11) is 0. The maximum atomic E-state index is 13.8. The van der Waals surface area contributed by atoms with Crippen molar-refractivity contribution in [1.82, 2.24) is 14.7 Å². The Morgan fingerprint density at radius 2 is 2.08 bits per heavy atom. The van der Waals surface area contributed by atoms with Crippen LogP contribution >= 0.6 is 0 Å². The van der Waals surface area contributed by atoms with E-state index in [0.29, 0.717) is 13.0 Å². The van der Waals surface area contributed by atoms with Crippen molar-refractivity contribution in [2.24, 2.45) is 0 Å². The number of carbonyl (C=O) groups excluding carboxylic acids is 1. The van der Waals surface area contributed by atoms with Crippen LogP contribution in [0.4, 0.5) is 8.78 Å². The molecule has 1 N–H and O–H groups in total. The molecule has 2 heterocycles. The van der Waals surface area contributed by atoms with Gasteiger partial charge in [-0.25, -0.2) is 13.5 Å². The van der Waals surface area contributed by atoms with Crippen molar-refractivity contribution >= 4 is 5.91 Å². The molecule has 128 valence electrons. The van der Waals surface area contributed by atoms with Crippen molar-refractivity contribution < 1.29 is 18.7 Å². The van der Waals surface area contributed by atoms with Gasteiger partial charge in [-0.1, -0.05) is 6.07 Å². The number of amides is 1. The van der Waals surface area contributed by atoms with E-state index in [4.69, 9.17) is 0 Å². The third-order valence-electron chi connectivity index (χ3n) is 4.23. The summed E-state index contributed by atoms with van der Waals surface area (Å²) in [5.41, 5.74) is -0.173. The minimum atomic E-state index is -0.745. The Morgan fingerprint density at radius 1 is 1.38 bits per heavy atom. The summed E-state index contributed by atoms with van der Waals surface area (Å²) < 4.78 is 28.7. The molecule has 1 aliphatic rings. The number of aliphatic hydroxyl groups excluding tert-OH is 1. The number of rotatable bonds is 4. The van der Waals surface area contributed by atoms with E-state index in [0.717, 1.165) is 29.7 Å². The molecule has 24 heavy (non-hydrogen) atoms. The lowest BCUT2D eigenvalue weighted by molar-refractivity contribution is 0.0675. The summed E-state index contributed by atoms with van der Waals surface area (Å²) in [4.78, 5) is 14.3. The SMILES string of the molecule is CC(O)CC1CCCN1C(=O)c1ccn(-c2c(F)cccc2F)n1. The number of carbonyl (C=O) groups is 1. The highest BCUT2D eigenvalue weighted by Crippen LogP contribution is 2.24. The van der Waals surface area contributed by atoms with E-state index >= 15 is 0 Å². The second-order valence-electron chi connectivity index (χ2n) is 6.10. The van der Waals surface area contributed by atoms with Crippen LogP contribution in [-0.4, -0.2) is 44.4 Å². The molecule has 0 aliphatic carbocycles. The first-order valence-corrected chi connectivity index (χ1v) is 7.96. The van der Waals surface area contributed by atoms with Crippen molar-refractivity contribution in [1.29, 1.82) is 0 Å². The number of hydrogen-bond acceptors (Lipinski definition) is 3. The van der Waals surface area contributed by atoms with Crippen LogP contribution < -0.4 is 0 Å². The molecule has 2 aromatic rings. The normalized spacial score (nSPS) is 18.8. The molecule has 1 aromatic heterocycles. The zero-order valence-corrected chi connectivity index (χ0v) is 13.3. The minimum absolute atomic E-state index is 0.0344. The summed E-state index contributed by atoms with van der Waals surface area (Å²) in [6.45, 7) is 2.29. The molecule has 0 radical (unpaired) electrons. The fourth-order valence-electron chi connectivity index (χ4n) is 3.16. The van der Waals surface area contributed by atoms with Crippen LogP contribution in [0.3, 0.4) is 0 Å². The average molecular weight is 335 g/mol. The zero-order chi connectivity index (χ0) is 17.3. The monoisotopic (exact) mass is 335 g/mol. The average Bonchev–Trinajstić information content (AvgIpc) is 3.15. The lowest BCUT2D eigenvalue weighted by atomic mass is 10.1. The second kappa shape index (κ2) is 6.68. The van der Waals surface area contributed by atoms with Gasteiger partial charge in [0, 0.05) is 18.8 Å². The number of halogens is 2. The molecule has 0 spiro atoms. The van der Waals surface area contributed by atoms with E-state index in [9.17, 15) is 18.7 Å². The van der Waals surface area contributed by atoms with Gasteiger partial charge in [0.15, 0.2) is 17.3 Å². The number of hydrogen-bond donors (Lipinski definition) is 1. The van der Waals surface area contributed by atoms with Gasteiger partial charge in [-0.2, -0.15) is 5.10 Å². The van der Waals surface area contributed by atoms with Gasteiger partial charge < -0.3 is 10.0 Å². The third-order valence-corrected chi connectivity index (χ3v) is 4.23. The van der Waals surface area contributed by atoms with Crippen molar-refractivity contribution in [3.63, 3.8) is 0 Å². The molecule has 1 aromatic carbocycles. The van der Waals surface area contributed by atoms with Crippen LogP contribution in [0.15, 0.2) is 30.5 Å². The van der Waals surface area contributed by atoms with Crippen molar-refractivity contribution in [2.45, 2.75) is 38.3 Å². The Hall–Kier alpha value is -2.28. The summed E-state index contributed by atoms with van der Waals surface area (Å²) in [5, 5.41) is 13.6. The number of likely N-dealkylation sites (tertiary alicyclic amines) is 1. The highest BCUT2D eigenvalue weighted by Gasteiger charge is 2.31. The first-order chi connectivity index (χ1) is 11.5. The molecule has 1 fully saturated rings. The molecule has 3 rings (SSSR count). The third kappa shape index (κ3) is 3.17. The summed E-state index contributed by atoms with van der Waals surface area (Å²) in [6, 6.07) is 4.97. The quantitative estimate of drug-likeness (QED) is 0.934. The highest BCUT2D eigenvalue weighted by molar-refractivity contribution is 5.92. The van der Waals surface area contributed by atoms with E-state index in [-0.39, 0.29) is 23.3 Å². The molecule has 1 aliphatic heterocycles. The van der Waals surface area contributed by atoms with E-state index in [2.05, 4.69) is 5.10 Å². The first-order valence-electron chi connectivity index (χ1n) is 7.96. The molecule has 1 amide bonds. The topological polar surface area (TPSA) is 58.4 Å². The molecule has 2 unspecified atom stereocenters. The van der Waals surface area contributed by atoms with Crippen molar-refractivity contribution in [3.8, 4) is 5.69 Å². The summed E-state index contributed by atoms with van der Waals surface area (Å²) in [5.74, 6) is -1.77. The zero-order valence-electron chi connectivity index (χ0n) is 13.3. The van der Waals surface area contributed by atoms with E-state index in [1.165, 1.54) is 18.3 Å². The van der Waals surface area contributed by atoms with Gasteiger partial charge in [0.1, 0.15) is 5.69 Å². The van der Waals surface area contributed by atoms with E-state index in [1.54, 1.807) is 11.8 Å². The molecule has 7 heteroatoms. The largest absolute Gasteiger partial charge is 0.393 e. The maximum Gasteiger partial charge on any atom is 0.274 e. The molecule has 1 saturated heterocycles. The van der Waals surface area contributed by atoms with Crippen LogP contribution in [0.1, 0.15) is 36.7 Å². The maximum absolute atomic E-state index is 13.8. The Labute approximate surface area is 138 Å². The molecular formula is C17H19F2N3O2. The van der Waals surface area contributed by atoms with Crippen LogP contribution in [0.25, 0.3) is 5.69 Å². The molecule has 5 nitrogen and oxygen atoms in total. The molecule has 0 saturated carbocycles. The van der Waals surface area contributed by atoms with Crippen molar-refractivity contribution in [3.05, 3.63) is 47.8 Å². The van der Waals surface area contributed by atoms with Gasteiger partial charge in [0.25, 0.3) is 5.91 Å². The van der Waals surface area contributed by atoms with Gasteiger partial charge in [-0.3, -0.25) is 4.79 Å². The fraction of sp³-hybridized carbons (Fsp3) is 0.412. The van der Waals surface area contributed by atoms with Crippen LogP contribution in [-0.2, 0) is 0 Å². The molecule has 2 atom stereocenters. The summed E-state index contributed by atoms with van der Waals surface area (Å²) >= 11 is 0. The number of para-hydroxylation sites is 1. The predicted octanol–water partition coefficient (Wildman–Crippen LogP) is 2.53. The van der Waals surface area contributed by atoms with Gasteiger partial charge in [0.05, 0.1) is 6.10 Å². The highest BCUT2D eigenvalue weighted by atomic mass is 19.1. The van der Waals surface area contributed by atoms with Gasteiger partial charge in [0.2, 0.25) is 0 Å². The van der Waals surface area contributed by atoms with Gasteiger partial charge in [-0.05, 0) is 44.4 Å². The molecule has 0 bridgehead atoms. The number of nitrogens with zero attached hydrogens (tertiary/aromatic N) is 3. The van der Waals surface area contributed by atoms with Crippen LogP contribution in [0, 0.1) is 11.6 Å². The Balaban J connectivity index is 1.84. The van der Waals surface area contributed by atoms with Crippen LogP contribution in [0.5, 0.6) is 0 Å². The second-order valence-corrected chi connectivity index (χ2v) is 6.10. The fourth-order valence-corrected chi connectivity index (χ4v) is 3.16. The lowest BCUT2D eigenvalue weighted by Crippen LogP contribution is -2.37. The Bertz CT molecular complexity index is 725. The van der Waals surface area contributed by atoms with Gasteiger partial charge >= 0.3 is 0 Å². The Morgan fingerprint density at radius 3 is 2.75 bits per heavy atom. The molecular weight excluding hydrogens is 316 g/mol. The van der Waals surface area contributed by atoms with Crippen LogP contribution in [0.2, 0.25) is 0 Å². The van der Waals surface area contributed by atoms with E-state index < -0.39 is 17.7 Å². The predicted molar refractivity (Wildman–Crippen MR) is 83.8 cm³/mol. The summed E-state index contributed by atoms with van der Waals surface area (Å²) in [6.07, 6.45) is 3.09. The van der Waals surface area contributed by atoms with E-state index in [1.807, 2.05) is 0 Å². The smallest absolute Gasteiger partial charge is 0.274 e. The number of aromatic nitrogens is 2. The standard InChI is InChI=1S/C17H19F2N3O2/c1-11(23)10-12-4-3-8-21(12)17(24)15-7-9-22(20-15)16-13(18)5-2-6-14(16)19/h2,5-7,9,11-12,23H,3-4,8,10H2,1H3. The number of benzene rings is 1. The number of aliphatic hydroxyl groups is 1. The lowest BCUT2D eigenvalue weighted by Gasteiger charge is -2.24.